The van der Waals surface area contributed by atoms with E-state index in [9.17, 15) is 4.79 Å². The van der Waals surface area contributed by atoms with Crippen LogP contribution in [-0.2, 0) is 24.1 Å². The maximum atomic E-state index is 12.2. The number of aryl methyl sites for hydroxylation is 1. The molecule has 1 heterocycles. The number of unbranched alkanes of at least 4 members (excludes halogenated alkanes) is 11. The van der Waals surface area contributed by atoms with Crippen LogP contribution in [-0.4, -0.2) is 19.1 Å². The lowest BCUT2D eigenvalue weighted by Crippen LogP contribution is -2.17. The van der Waals surface area contributed by atoms with E-state index in [1.54, 1.807) is 0 Å². The molecule has 0 unspecified atom stereocenters. The zero-order valence-electron chi connectivity index (χ0n) is 26.4. The lowest BCUT2D eigenvalue weighted by Gasteiger charge is -2.18. The molecule has 0 radical (unpaired) electrons. The molecule has 1 aliphatic carbocycles. The zero-order valence-corrected chi connectivity index (χ0v) is 27.2. The standard InChI is InChI=1S/C28H44O2.C9H15NS/c1-2-3-4-5-6-7-8-9-10-11-12-13-14-15-16-24-28(29)30-27-23-19-21-25-20-17-18-22-26(25)27;1-2-6-10-7-5-9-4-3-8-11-9/h9-10,19,21,23H,2-8,11-18,20,22,24H2,1H3;3-4,8,10H,2,5-7H2,1H3/b10-9-;. The molecule has 0 saturated carbocycles. The zero-order chi connectivity index (χ0) is 29.2. The summed E-state index contributed by atoms with van der Waals surface area (Å²) >= 11 is 1.84. The second kappa shape index (κ2) is 24.7. The molecule has 1 N–H and O–H groups in total. The van der Waals surface area contributed by atoms with Crippen molar-refractivity contribution in [3.05, 3.63) is 63.9 Å². The second-order valence-electron chi connectivity index (χ2n) is 11.5. The third kappa shape index (κ3) is 17.6. The van der Waals surface area contributed by atoms with Crippen molar-refractivity contribution in [3.63, 3.8) is 0 Å². The van der Waals surface area contributed by atoms with E-state index in [0.29, 0.717) is 6.42 Å². The van der Waals surface area contributed by atoms with Gasteiger partial charge in [0.1, 0.15) is 5.75 Å². The first-order valence-corrected chi connectivity index (χ1v) is 17.8. The van der Waals surface area contributed by atoms with Crippen LogP contribution in [0.2, 0.25) is 0 Å². The van der Waals surface area contributed by atoms with E-state index in [-0.39, 0.29) is 5.97 Å². The van der Waals surface area contributed by atoms with Gasteiger partial charge in [-0.05, 0) is 112 Å². The number of nitrogens with one attached hydrogen (secondary N) is 1. The number of carbonyl (C=O) groups excluding carboxylic acids is 1. The van der Waals surface area contributed by atoms with Crippen LogP contribution in [0.4, 0.5) is 0 Å². The molecule has 0 amide bonds. The Balaban J connectivity index is 0.000000446. The van der Waals surface area contributed by atoms with Gasteiger partial charge in [-0.25, -0.2) is 0 Å². The van der Waals surface area contributed by atoms with Gasteiger partial charge in [0.15, 0.2) is 0 Å². The number of allylic oxidation sites excluding steroid dienone is 2. The van der Waals surface area contributed by atoms with Crippen molar-refractivity contribution in [1.29, 1.82) is 0 Å². The molecule has 3 nitrogen and oxygen atoms in total. The number of esters is 1. The van der Waals surface area contributed by atoms with Gasteiger partial charge in [-0.15, -0.1) is 11.3 Å². The van der Waals surface area contributed by atoms with Crippen LogP contribution in [0.3, 0.4) is 0 Å². The van der Waals surface area contributed by atoms with Gasteiger partial charge in [0.05, 0.1) is 0 Å². The Labute approximate surface area is 256 Å². The molecule has 3 rings (SSSR count). The van der Waals surface area contributed by atoms with Crippen LogP contribution in [0.1, 0.15) is 139 Å². The van der Waals surface area contributed by atoms with Crippen LogP contribution >= 0.6 is 11.3 Å². The average Bonchev–Trinajstić information content (AvgIpc) is 3.52. The highest BCUT2D eigenvalue weighted by Crippen LogP contribution is 2.29. The van der Waals surface area contributed by atoms with E-state index in [0.717, 1.165) is 44.5 Å². The SMILES string of the molecule is CCCCCCCC/C=C\CCCCCCCC(=O)Oc1cccc2c1CCCC2.CCCNCCc1cccs1. The Hall–Kier alpha value is -1.91. The highest BCUT2D eigenvalue weighted by atomic mass is 32.1. The van der Waals surface area contributed by atoms with E-state index in [1.165, 1.54) is 112 Å². The number of hydrogen-bond donors (Lipinski definition) is 1. The molecule has 0 spiro atoms. The highest BCUT2D eigenvalue weighted by Gasteiger charge is 2.15. The molecule has 0 fully saturated rings. The maximum absolute atomic E-state index is 12.2. The predicted octanol–water partition coefficient (Wildman–Crippen LogP) is 10.8. The molecule has 4 heteroatoms. The summed E-state index contributed by atoms with van der Waals surface area (Å²) in [6, 6.07) is 10.5. The van der Waals surface area contributed by atoms with Crippen LogP contribution < -0.4 is 10.1 Å². The molecular formula is C37H59NO2S. The lowest BCUT2D eigenvalue weighted by molar-refractivity contribution is -0.134. The van der Waals surface area contributed by atoms with E-state index in [1.807, 2.05) is 23.5 Å². The highest BCUT2D eigenvalue weighted by molar-refractivity contribution is 7.09. The molecule has 1 aromatic heterocycles. The number of fused-ring (bicyclic) bond motifs is 1. The van der Waals surface area contributed by atoms with Crippen molar-refractivity contribution in [2.24, 2.45) is 0 Å². The van der Waals surface area contributed by atoms with Gasteiger partial charge in [0.25, 0.3) is 0 Å². The van der Waals surface area contributed by atoms with Gasteiger partial charge in [0.2, 0.25) is 0 Å². The summed E-state index contributed by atoms with van der Waals surface area (Å²) in [5.74, 6) is 0.747. The molecular weight excluding hydrogens is 522 g/mol. The summed E-state index contributed by atoms with van der Waals surface area (Å²) in [6.07, 6.45) is 28.9. The Morgan fingerprint density at radius 2 is 1.51 bits per heavy atom. The van der Waals surface area contributed by atoms with E-state index >= 15 is 0 Å². The number of ether oxygens (including phenoxy) is 1. The summed E-state index contributed by atoms with van der Waals surface area (Å²) in [7, 11) is 0. The van der Waals surface area contributed by atoms with Crippen molar-refractivity contribution in [2.75, 3.05) is 13.1 Å². The summed E-state index contributed by atoms with van der Waals surface area (Å²) in [4.78, 5) is 13.7. The largest absolute Gasteiger partial charge is 0.426 e. The summed E-state index contributed by atoms with van der Waals surface area (Å²) < 4.78 is 5.68. The molecule has 1 aromatic carbocycles. The Kier molecular flexibility index (Phi) is 21.2. The van der Waals surface area contributed by atoms with E-state index in [2.05, 4.69) is 54.9 Å². The molecule has 0 saturated heterocycles. The number of carbonyl (C=O) groups is 1. The minimum absolute atomic E-state index is 0.0633. The Bertz CT molecular complexity index is 921. The number of benzene rings is 1. The van der Waals surface area contributed by atoms with Gasteiger partial charge < -0.3 is 10.1 Å². The van der Waals surface area contributed by atoms with Gasteiger partial charge in [-0.3, -0.25) is 4.79 Å². The average molecular weight is 582 g/mol. The van der Waals surface area contributed by atoms with Crippen molar-refractivity contribution < 1.29 is 9.53 Å². The summed E-state index contributed by atoms with van der Waals surface area (Å²) in [5.41, 5.74) is 2.63. The first kappa shape index (κ1) is 35.3. The fourth-order valence-corrected chi connectivity index (χ4v) is 6.03. The van der Waals surface area contributed by atoms with Crippen LogP contribution in [0.15, 0.2) is 47.9 Å². The fraction of sp³-hybridized carbons (Fsp3) is 0.649. The van der Waals surface area contributed by atoms with Crippen LogP contribution in [0, 0.1) is 0 Å². The summed E-state index contributed by atoms with van der Waals surface area (Å²) in [5, 5.41) is 5.51. The number of thiophene rings is 1. The van der Waals surface area contributed by atoms with Gasteiger partial charge in [-0.2, -0.15) is 0 Å². The maximum Gasteiger partial charge on any atom is 0.311 e. The fourth-order valence-electron chi connectivity index (χ4n) is 5.32. The molecule has 41 heavy (non-hydrogen) atoms. The van der Waals surface area contributed by atoms with Gasteiger partial charge >= 0.3 is 5.97 Å². The normalized spacial score (nSPS) is 12.6. The van der Waals surface area contributed by atoms with Crippen LogP contribution in [0.5, 0.6) is 5.75 Å². The van der Waals surface area contributed by atoms with Crippen molar-refractivity contribution >= 4 is 17.3 Å². The van der Waals surface area contributed by atoms with Crippen molar-refractivity contribution in [1.82, 2.24) is 5.32 Å². The molecule has 2 aromatic rings. The van der Waals surface area contributed by atoms with Crippen molar-refractivity contribution in [2.45, 2.75) is 142 Å². The minimum atomic E-state index is -0.0633. The first-order valence-electron chi connectivity index (χ1n) is 16.9. The first-order chi connectivity index (χ1) is 20.2. The van der Waals surface area contributed by atoms with Gasteiger partial charge in [0, 0.05) is 11.3 Å². The van der Waals surface area contributed by atoms with Crippen LogP contribution in [0.25, 0.3) is 0 Å². The Morgan fingerprint density at radius 3 is 2.22 bits per heavy atom. The van der Waals surface area contributed by atoms with E-state index < -0.39 is 0 Å². The Morgan fingerprint density at radius 1 is 0.805 bits per heavy atom. The quantitative estimate of drug-likeness (QED) is 0.0689. The third-order valence-corrected chi connectivity index (χ3v) is 8.71. The van der Waals surface area contributed by atoms with E-state index in [4.69, 9.17) is 4.74 Å². The summed E-state index contributed by atoms with van der Waals surface area (Å²) in [6.45, 7) is 6.73. The molecule has 1 aliphatic rings. The predicted molar refractivity (Wildman–Crippen MR) is 179 cm³/mol. The topological polar surface area (TPSA) is 38.3 Å². The minimum Gasteiger partial charge on any atom is -0.426 e. The number of hydrogen-bond acceptors (Lipinski definition) is 4. The van der Waals surface area contributed by atoms with Crippen molar-refractivity contribution in [3.8, 4) is 5.75 Å². The molecule has 230 valence electrons. The smallest absolute Gasteiger partial charge is 0.311 e. The molecule has 0 bridgehead atoms. The second-order valence-corrected chi connectivity index (χ2v) is 12.5. The third-order valence-electron chi connectivity index (χ3n) is 7.77. The monoisotopic (exact) mass is 581 g/mol. The molecule has 0 aliphatic heterocycles. The lowest BCUT2D eigenvalue weighted by atomic mass is 9.91. The number of rotatable bonds is 21. The molecule has 0 atom stereocenters. The van der Waals surface area contributed by atoms with Gasteiger partial charge in [-0.1, -0.05) is 95.6 Å².